The van der Waals surface area contributed by atoms with Crippen LogP contribution in [-0.4, -0.2) is 22.4 Å². The molecular formula is C19H17ClN2O2S. The van der Waals surface area contributed by atoms with E-state index in [0.29, 0.717) is 38.3 Å². The van der Waals surface area contributed by atoms with Gasteiger partial charge in [-0.05, 0) is 30.7 Å². The lowest BCUT2D eigenvalue weighted by atomic mass is 10.2. The number of nitrogens with zero attached hydrogens (tertiary/aromatic N) is 2. The molecular weight excluding hydrogens is 356 g/mol. The van der Waals surface area contributed by atoms with Gasteiger partial charge in [-0.25, -0.2) is 4.98 Å². The van der Waals surface area contributed by atoms with E-state index in [1.54, 1.807) is 29.9 Å². The van der Waals surface area contributed by atoms with Crippen LogP contribution in [-0.2, 0) is 0 Å². The Hall–Kier alpha value is -2.24. The minimum Gasteiger partial charge on any atom is -0.495 e. The van der Waals surface area contributed by atoms with Crippen molar-refractivity contribution in [3.05, 3.63) is 70.0 Å². The van der Waals surface area contributed by atoms with Gasteiger partial charge in [-0.2, -0.15) is 0 Å². The van der Waals surface area contributed by atoms with Gasteiger partial charge in [0.15, 0.2) is 5.16 Å². The number of hydrogen-bond acceptors (Lipinski definition) is 4. The van der Waals surface area contributed by atoms with Gasteiger partial charge in [0.1, 0.15) is 5.75 Å². The molecule has 0 atom stereocenters. The fourth-order valence-electron chi connectivity index (χ4n) is 2.54. The van der Waals surface area contributed by atoms with Gasteiger partial charge in [-0.15, -0.1) is 6.58 Å². The summed E-state index contributed by atoms with van der Waals surface area (Å²) in [7, 11) is 1.56. The summed E-state index contributed by atoms with van der Waals surface area (Å²) in [6.45, 7) is 5.63. The Labute approximate surface area is 155 Å². The first-order chi connectivity index (χ1) is 12.1. The zero-order valence-electron chi connectivity index (χ0n) is 14.0. The molecule has 0 amide bonds. The molecule has 0 saturated carbocycles. The van der Waals surface area contributed by atoms with Gasteiger partial charge in [0.2, 0.25) is 0 Å². The van der Waals surface area contributed by atoms with E-state index in [1.165, 1.54) is 11.8 Å². The van der Waals surface area contributed by atoms with Crippen molar-refractivity contribution in [3.8, 4) is 11.4 Å². The molecule has 0 radical (unpaired) electrons. The molecule has 0 unspecified atom stereocenters. The molecule has 0 aliphatic carbocycles. The van der Waals surface area contributed by atoms with Gasteiger partial charge in [0.25, 0.3) is 5.56 Å². The van der Waals surface area contributed by atoms with Crippen LogP contribution in [0.5, 0.6) is 5.75 Å². The summed E-state index contributed by atoms with van der Waals surface area (Å²) in [5.74, 6) is 1.16. The lowest BCUT2D eigenvalue weighted by Gasteiger charge is -2.16. The van der Waals surface area contributed by atoms with Gasteiger partial charge >= 0.3 is 0 Å². The fourth-order valence-corrected chi connectivity index (χ4v) is 3.44. The van der Waals surface area contributed by atoms with Gasteiger partial charge in [0, 0.05) is 16.8 Å². The number of thioether (sulfide) groups is 1. The van der Waals surface area contributed by atoms with Crippen molar-refractivity contribution in [3.63, 3.8) is 0 Å². The van der Waals surface area contributed by atoms with E-state index in [4.69, 9.17) is 16.3 Å². The van der Waals surface area contributed by atoms with E-state index >= 15 is 0 Å². The van der Waals surface area contributed by atoms with Gasteiger partial charge in [-0.3, -0.25) is 9.36 Å². The molecule has 2 aromatic carbocycles. The third-order valence-corrected chi connectivity index (χ3v) is 5.12. The summed E-state index contributed by atoms with van der Waals surface area (Å²) >= 11 is 7.65. The van der Waals surface area contributed by atoms with Crippen molar-refractivity contribution in [2.45, 2.75) is 12.1 Å². The number of aryl methyl sites for hydroxylation is 1. The van der Waals surface area contributed by atoms with Crippen molar-refractivity contribution in [1.82, 2.24) is 9.55 Å². The maximum Gasteiger partial charge on any atom is 0.266 e. The predicted molar refractivity (Wildman–Crippen MR) is 105 cm³/mol. The predicted octanol–water partition coefficient (Wildman–Crippen LogP) is 4.63. The van der Waals surface area contributed by atoms with Crippen LogP contribution in [0, 0.1) is 6.92 Å². The van der Waals surface area contributed by atoms with E-state index in [2.05, 4.69) is 11.6 Å². The fraction of sp³-hybridized carbons (Fsp3) is 0.158. The Morgan fingerprint density at radius 1 is 1.36 bits per heavy atom. The molecule has 128 valence electrons. The maximum absolute atomic E-state index is 13.2. The van der Waals surface area contributed by atoms with Gasteiger partial charge < -0.3 is 4.74 Å². The average Bonchev–Trinajstić information content (AvgIpc) is 2.62. The Morgan fingerprint density at radius 2 is 2.12 bits per heavy atom. The lowest BCUT2D eigenvalue weighted by Crippen LogP contribution is -2.22. The molecule has 3 rings (SSSR count). The molecule has 0 fully saturated rings. The monoisotopic (exact) mass is 372 g/mol. The Bertz CT molecular complexity index is 1010. The van der Waals surface area contributed by atoms with Crippen LogP contribution >= 0.6 is 23.4 Å². The Balaban J connectivity index is 2.38. The van der Waals surface area contributed by atoms with E-state index in [-0.39, 0.29) is 5.56 Å². The molecule has 0 N–H and O–H groups in total. The molecule has 0 spiro atoms. The first-order valence-corrected chi connectivity index (χ1v) is 9.03. The number of benzene rings is 2. The van der Waals surface area contributed by atoms with Crippen LogP contribution < -0.4 is 10.3 Å². The van der Waals surface area contributed by atoms with Gasteiger partial charge in [-0.1, -0.05) is 41.6 Å². The highest BCUT2D eigenvalue weighted by Gasteiger charge is 2.17. The summed E-state index contributed by atoms with van der Waals surface area (Å²) < 4.78 is 7.04. The minimum atomic E-state index is -0.141. The summed E-state index contributed by atoms with van der Waals surface area (Å²) in [6, 6.07) is 10.9. The zero-order chi connectivity index (χ0) is 18.0. The molecule has 1 aromatic heterocycles. The van der Waals surface area contributed by atoms with Gasteiger partial charge in [0.05, 0.1) is 23.7 Å². The number of fused-ring (bicyclic) bond motifs is 1. The van der Waals surface area contributed by atoms with Crippen LogP contribution in [0.25, 0.3) is 16.6 Å². The second kappa shape index (κ2) is 7.33. The number of ether oxygens (including phenoxy) is 1. The van der Waals surface area contributed by atoms with Crippen molar-refractivity contribution >= 4 is 34.3 Å². The van der Waals surface area contributed by atoms with Crippen molar-refractivity contribution in [2.24, 2.45) is 0 Å². The van der Waals surface area contributed by atoms with Crippen molar-refractivity contribution < 1.29 is 4.74 Å². The molecule has 6 heteroatoms. The number of hydrogen-bond donors (Lipinski definition) is 0. The van der Waals surface area contributed by atoms with E-state index in [0.717, 1.165) is 5.56 Å². The van der Waals surface area contributed by atoms with Crippen LogP contribution in [0.3, 0.4) is 0 Å². The maximum atomic E-state index is 13.2. The summed E-state index contributed by atoms with van der Waals surface area (Å²) in [5, 5.41) is 1.73. The standard InChI is InChI=1S/C19H17ClN2O2S/c1-4-9-25-19-21-15-8-6-5-7-13(15)18(23)22(19)16-10-12(2)14(20)11-17(16)24-3/h4-8,10-11H,1,9H2,2-3H3. The highest BCUT2D eigenvalue weighted by molar-refractivity contribution is 7.99. The number of aromatic nitrogens is 2. The Kier molecular flexibility index (Phi) is 5.16. The SMILES string of the molecule is C=CCSc1nc2ccccc2c(=O)n1-c1cc(C)c(Cl)cc1OC. The van der Waals surface area contributed by atoms with Crippen LogP contribution in [0.1, 0.15) is 5.56 Å². The van der Waals surface area contributed by atoms with Crippen LogP contribution in [0.2, 0.25) is 5.02 Å². The van der Waals surface area contributed by atoms with Crippen LogP contribution in [0.15, 0.2) is 59.0 Å². The topological polar surface area (TPSA) is 44.1 Å². The molecule has 4 nitrogen and oxygen atoms in total. The lowest BCUT2D eigenvalue weighted by molar-refractivity contribution is 0.411. The number of rotatable bonds is 5. The number of methoxy groups -OCH3 is 1. The number of halogens is 1. The van der Waals surface area contributed by atoms with Crippen LogP contribution in [0.4, 0.5) is 0 Å². The van der Waals surface area contributed by atoms with E-state index in [1.807, 2.05) is 31.2 Å². The summed E-state index contributed by atoms with van der Waals surface area (Å²) in [5.41, 5.74) is 2.01. The first kappa shape index (κ1) is 17.6. The largest absolute Gasteiger partial charge is 0.495 e. The minimum absolute atomic E-state index is 0.141. The molecule has 0 aliphatic rings. The Morgan fingerprint density at radius 3 is 2.84 bits per heavy atom. The molecule has 1 heterocycles. The normalized spacial score (nSPS) is 10.8. The average molecular weight is 373 g/mol. The second-order valence-electron chi connectivity index (χ2n) is 5.43. The van der Waals surface area contributed by atoms with Crippen molar-refractivity contribution in [2.75, 3.05) is 12.9 Å². The highest BCUT2D eigenvalue weighted by atomic mass is 35.5. The number of para-hydroxylation sites is 1. The third-order valence-electron chi connectivity index (χ3n) is 3.78. The molecule has 0 aliphatic heterocycles. The third kappa shape index (κ3) is 3.30. The molecule has 0 bridgehead atoms. The smallest absolute Gasteiger partial charge is 0.266 e. The summed E-state index contributed by atoms with van der Waals surface area (Å²) in [4.78, 5) is 17.8. The molecule has 25 heavy (non-hydrogen) atoms. The second-order valence-corrected chi connectivity index (χ2v) is 6.82. The summed E-state index contributed by atoms with van der Waals surface area (Å²) in [6.07, 6.45) is 1.78. The van der Waals surface area contributed by atoms with E-state index < -0.39 is 0 Å². The molecule has 0 saturated heterocycles. The first-order valence-electron chi connectivity index (χ1n) is 7.66. The quantitative estimate of drug-likeness (QED) is 0.372. The molecule has 3 aromatic rings. The zero-order valence-corrected chi connectivity index (χ0v) is 15.5. The van der Waals surface area contributed by atoms with Crippen molar-refractivity contribution in [1.29, 1.82) is 0 Å². The van der Waals surface area contributed by atoms with E-state index in [9.17, 15) is 4.79 Å². The highest BCUT2D eigenvalue weighted by Crippen LogP contribution is 2.31.